The average molecular weight is 418 g/mol. The van der Waals surface area contributed by atoms with E-state index in [2.05, 4.69) is 4.98 Å². The quantitative estimate of drug-likeness (QED) is 0.612. The number of aromatic nitrogens is 1. The highest BCUT2D eigenvalue weighted by atomic mass is 32.2. The SMILES string of the molecule is NCc1cc(OC(CS(N)(=O)=O)c2ccccc2C(N)=O)nc(C(F)(F)F)c1. The minimum atomic E-state index is -4.77. The molecule has 0 bridgehead atoms. The predicted octanol–water partition coefficient (Wildman–Crippen LogP) is 1.07. The Morgan fingerprint density at radius 2 is 1.86 bits per heavy atom. The third-order valence-electron chi connectivity index (χ3n) is 3.61. The van der Waals surface area contributed by atoms with Crippen molar-refractivity contribution in [1.29, 1.82) is 0 Å². The van der Waals surface area contributed by atoms with E-state index < -0.39 is 45.5 Å². The highest BCUT2D eigenvalue weighted by Gasteiger charge is 2.34. The lowest BCUT2D eigenvalue weighted by molar-refractivity contribution is -0.141. The van der Waals surface area contributed by atoms with Crippen LogP contribution in [0, 0.1) is 0 Å². The molecule has 0 aliphatic heterocycles. The van der Waals surface area contributed by atoms with Crippen LogP contribution in [0.2, 0.25) is 0 Å². The van der Waals surface area contributed by atoms with E-state index in [0.717, 1.165) is 12.1 Å². The topological polar surface area (TPSA) is 151 Å². The van der Waals surface area contributed by atoms with Crippen molar-refractivity contribution in [2.45, 2.75) is 18.8 Å². The Balaban J connectivity index is 2.55. The number of ether oxygens (including phenoxy) is 1. The molecular formula is C16H17F3N4O4S. The number of hydrogen-bond acceptors (Lipinski definition) is 6. The zero-order valence-corrected chi connectivity index (χ0v) is 15.1. The molecule has 0 saturated carbocycles. The van der Waals surface area contributed by atoms with Crippen LogP contribution >= 0.6 is 0 Å². The van der Waals surface area contributed by atoms with Crippen molar-refractivity contribution in [3.63, 3.8) is 0 Å². The molecule has 0 spiro atoms. The molecule has 0 aliphatic carbocycles. The van der Waals surface area contributed by atoms with Gasteiger partial charge in [0.25, 0.3) is 0 Å². The van der Waals surface area contributed by atoms with E-state index in [1.807, 2.05) is 0 Å². The molecule has 2 rings (SSSR count). The molecule has 1 amide bonds. The smallest absolute Gasteiger partial charge is 0.433 e. The molecule has 152 valence electrons. The van der Waals surface area contributed by atoms with E-state index in [4.69, 9.17) is 21.3 Å². The number of carbonyl (C=O) groups excluding carboxylic acids is 1. The molecule has 1 atom stereocenters. The van der Waals surface area contributed by atoms with Gasteiger partial charge in [-0.25, -0.2) is 18.5 Å². The standard InChI is InChI=1S/C16H17F3N4O4S/c17-16(18,19)13-5-9(7-20)6-14(23-13)27-12(8-28(22,25)26)10-3-1-2-4-11(10)15(21)24/h1-6,12H,7-8,20H2,(H2,21,24)(H2,22,25,26). The van der Waals surface area contributed by atoms with Crippen molar-refractivity contribution in [3.05, 3.63) is 58.8 Å². The third kappa shape index (κ3) is 5.65. The summed E-state index contributed by atoms with van der Waals surface area (Å²) in [6.45, 7) is -0.236. The number of hydrogen-bond donors (Lipinski definition) is 3. The number of primary sulfonamides is 1. The van der Waals surface area contributed by atoms with Gasteiger partial charge in [0.15, 0.2) is 0 Å². The van der Waals surface area contributed by atoms with Crippen LogP contribution < -0.4 is 21.3 Å². The van der Waals surface area contributed by atoms with Gasteiger partial charge in [-0.15, -0.1) is 0 Å². The molecule has 1 aromatic carbocycles. The number of halogens is 3. The molecular weight excluding hydrogens is 401 g/mol. The molecule has 1 heterocycles. The van der Waals surface area contributed by atoms with Gasteiger partial charge in [-0.3, -0.25) is 4.79 Å². The van der Waals surface area contributed by atoms with Gasteiger partial charge in [-0.05, 0) is 17.7 Å². The number of rotatable bonds is 7. The highest BCUT2D eigenvalue weighted by molar-refractivity contribution is 7.89. The van der Waals surface area contributed by atoms with Gasteiger partial charge in [0, 0.05) is 23.7 Å². The molecule has 0 fully saturated rings. The lowest BCUT2D eigenvalue weighted by Crippen LogP contribution is -2.27. The van der Waals surface area contributed by atoms with Crippen LogP contribution in [0.15, 0.2) is 36.4 Å². The number of benzene rings is 1. The number of alkyl halides is 3. The van der Waals surface area contributed by atoms with Gasteiger partial charge in [-0.1, -0.05) is 18.2 Å². The van der Waals surface area contributed by atoms with Crippen molar-refractivity contribution >= 4 is 15.9 Å². The summed E-state index contributed by atoms with van der Waals surface area (Å²) in [5, 5.41) is 5.06. The maximum Gasteiger partial charge on any atom is 0.433 e. The van der Waals surface area contributed by atoms with E-state index in [-0.39, 0.29) is 23.2 Å². The van der Waals surface area contributed by atoms with E-state index in [1.54, 1.807) is 0 Å². The lowest BCUT2D eigenvalue weighted by Gasteiger charge is -2.21. The summed E-state index contributed by atoms with van der Waals surface area (Å²) < 4.78 is 67.8. The summed E-state index contributed by atoms with van der Waals surface area (Å²) in [6, 6.07) is 7.52. The van der Waals surface area contributed by atoms with Crippen molar-refractivity contribution in [2.75, 3.05) is 5.75 Å². The molecule has 1 aromatic heterocycles. The largest absolute Gasteiger partial charge is 0.468 e. The number of sulfonamides is 1. The number of nitrogens with two attached hydrogens (primary N) is 3. The fourth-order valence-electron chi connectivity index (χ4n) is 2.43. The predicted molar refractivity (Wildman–Crippen MR) is 93.4 cm³/mol. The zero-order valence-electron chi connectivity index (χ0n) is 14.3. The number of carbonyl (C=O) groups is 1. The fraction of sp³-hybridized carbons (Fsp3) is 0.250. The second kappa shape index (κ2) is 8.12. The molecule has 1 unspecified atom stereocenters. The first-order valence-electron chi connectivity index (χ1n) is 7.75. The first kappa shape index (κ1) is 21.6. The second-order valence-corrected chi connectivity index (χ2v) is 7.45. The van der Waals surface area contributed by atoms with Crippen LogP contribution in [0.1, 0.15) is 33.3 Å². The average Bonchev–Trinajstić information content (AvgIpc) is 2.59. The lowest BCUT2D eigenvalue weighted by atomic mass is 10.0. The van der Waals surface area contributed by atoms with Crippen LogP contribution in [0.4, 0.5) is 13.2 Å². The van der Waals surface area contributed by atoms with Crippen LogP contribution in [-0.4, -0.2) is 25.1 Å². The first-order valence-corrected chi connectivity index (χ1v) is 9.46. The Bertz CT molecular complexity index is 980. The second-order valence-electron chi connectivity index (χ2n) is 5.79. The molecule has 6 N–H and O–H groups in total. The summed E-state index contributed by atoms with van der Waals surface area (Å²) in [5.41, 5.74) is 9.47. The summed E-state index contributed by atoms with van der Waals surface area (Å²) >= 11 is 0. The normalized spacial score (nSPS) is 13.2. The van der Waals surface area contributed by atoms with Crippen LogP contribution in [-0.2, 0) is 22.7 Å². The Morgan fingerprint density at radius 3 is 2.39 bits per heavy atom. The molecule has 12 heteroatoms. The molecule has 0 saturated heterocycles. The van der Waals surface area contributed by atoms with Gasteiger partial charge < -0.3 is 16.2 Å². The van der Waals surface area contributed by atoms with Gasteiger partial charge in [0.05, 0.1) is 0 Å². The maximum atomic E-state index is 13.0. The number of nitrogens with zero attached hydrogens (tertiary/aromatic N) is 1. The van der Waals surface area contributed by atoms with Crippen molar-refractivity contribution in [2.24, 2.45) is 16.6 Å². The van der Waals surface area contributed by atoms with Crippen LogP contribution in [0.5, 0.6) is 5.88 Å². The number of primary amides is 1. The van der Waals surface area contributed by atoms with E-state index in [0.29, 0.717) is 0 Å². The highest BCUT2D eigenvalue weighted by Crippen LogP contribution is 2.32. The van der Waals surface area contributed by atoms with E-state index in [1.165, 1.54) is 24.3 Å². The van der Waals surface area contributed by atoms with Gasteiger partial charge in [-0.2, -0.15) is 13.2 Å². The van der Waals surface area contributed by atoms with E-state index in [9.17, 15) is 26.4 Å². The summed E-state index contributed by atoms with van der Waals surface area (Å²) in [4.78, 5) is 15.0. The summed E-state index contributed by atoms with van der Waals surface area (Å²) in [6.07, 6.45) is -6.20. The van der Waals surface area contributed by atoms with Crippen LogP contribution in [0.25, 0.3) is 0 Å². The minimum Gasteiger partial charge on any atom is -0.468 e. The van der Waals surface area contributed by atoms with Gasteiger partial charge >= 0.3 is 6.18 Å². The summed E-state index contributed by atoms with van der Waals surface area (Å²) in [7, 11) is -4.14. The maximum absolute atomic E-state index is 13.0. The Morgan fingerprint density at radius 1 is 1.21 bits per heavy atom. The monoisotopic (exact) mass is 418 g/mol. The van der Waals surface area contributed by atoms with Crippen molar-refractivity contribution in [3.8, 4) is 5.88 Å². The Kier molecular flexibility index (Phi) is 6.27. The molecule has 0 radical (unpaired) electrons. The summed E-state index contributed by atoms with van der Waals surface area (Å²) in [5.74, 6) is -2.23. The molecule has 28 heavy (non-hydrogen) atoms. The number of amides is 1. The van der Waals surface area contributed by atoms with Crippen molar-refractivity contribution < 1.29 is 31.1 Å². The third-order valence-corrected chi connectivity index (χ3v) is 4.37. The van der Waals surface area contributed by atoms with Crippen molar-refractivity contribution in [1.82, 2.24) is 4.98 Å². The first-order chi connectivity index (χ1) is 12.9. The Hall–Kier alpha value is -2.70. The Labute approximate surface area is 158 Å². The molecule has 0 aliphatic rings. The minimum absolute atomic E-state index is 0.0394. The molecule has 8 nitrogen and oxygen atoms in total. The number of pyridine rings is 1. The van der Waals surface area contributed by atoms with Gasteiger partial charge in [0.2, 0.25) is 21.8 Å². The van der Waals surface area contributed by atoms with Gasteiger partial charge in [0.1, 0.15) is 17.6 Å². The van der Waals surface area contributed by atoms with Crippen LogP contribution in [0.3, 0.4) is 0 Å². The van der Waals surface area contributed by atoms with E-state index >= 15 is 0 Å². The zero-order chi connectivity index (χ0) is 21.1. The fourth-order valence-corrected chi connectivity index (χ4v) is 3.10. The molecule has 2 aromatic rings.